The van der Waals surface area contributed by atoms with Gasteiger partial charge in [-0.3, -0.25) is 9.59 Å². The third-order valence-electron chi connectivity index (χ3n) is 4.66. The standard InChI is InChI=1S/C18H24N4O3S/c1-5-18(3,4)19-16(23)15(14-9-6-11(2)25-14)22(12-7-8-12)17(24)13-10-26-21-20-13/h6,9-10,12,15H,5,7-8H2,1-4H3,(H,19,23). The average Bonchev–Trinajstić information content (AvgIpc) is 3.09. The molecule has 1 N–H and O–H groups in total. The molecular weight excluding hydrogens is 352 g/mol. The van der Waals surface area contributed by atoms with Crippen molar-refractivity contribution in [3.05, 3.63) is 34.7 Å². The number of hydrogen-bond donors (Lipinski definition) is 1. The van der Waals surface area contributed by atoms with E-state index in [4.69, 9.17) is 4.42 Å². The lowest BCUT2D eigenvalue weighted by Gasteiger charge is -2.33. The molecule has 0 saturated heterocycles. The first kappa shape index (κ1) is 18.6. The minimum atomic E-state index is -0.823. The van der Waals surface area contributed by atoms with Crippen LogP contribution in [0.4, 0.5) is 0 Å². The smallest absolute Gasteiger partial charge is 0.276 e. The normalized spacial score (nSPS) is 15.5. The molecule has 3 rings (SSSR count). The van der Waals surface area contributed by atoms with E-state index in [0.29, 0.717) is 11.5 Å². The van der Waals surface area contributed by atoms with Gasteiger partial charge in [0.2, 0.25) is 0 Å². The number of aromatic nitrogens is 2. The molecule has 1 aliphatic rings. The van der Waals surface area contributed by atoms with Crippen LogP contribution in [0.5, 0.6) is 0 Å². The number of furan rings is 1. The van der Waals surface area contributed by atoms with Crippen LogP contribution in [0.3, 0.4) is 0 Å². The molecule has 0 aliphatic heterocycles. The van der Waals surface area contributed by atoms with Crippen LogP contribution in [0.15, 0.2) is 21.9 Å². The van der Waals surface area contributed by atoms with Crippen LogP contribution < -0.4 is 5.32 Å². The Balaban J connectivity index is 1.97. The molecule has 1 atom stereocenters. The van der Waals surface area contributed by atoms with Crippen LogP contribution >= 0.6 is 11.5 Å². The van der Waals surface area contributed by atoms with Gasteiger partial charge >= 0.3 is 0 Å². The second kappa shape index (κ2) is 7.19. The fourth-order valence-electron chi connectivity index (χ4n) is 2.72. The summed E-state index contributed by atoms with van der Waals surface area (Å²) in [4.78, 5) is 27.8. The summed E-state index contributed by atoms with van der Waals surface area (Å²) in [5.41, 5.74) is -0.116. The summed E-state index contributed by atoms with van der Waals surface area (Å²) in [5.74, 6) is 0.640. The van der Waals surface area contributed by atoms with E-state index in [1.54, 1.807) is 22.4 Å². The summed E-state index contributed by atoms with van der Waals surface area (Å²) in [7, 11) is 0. The van der Waals surface area contributed by atoms with Gasteiger partial charge < -0.3 is 14.6 Å². The highest BCUT2D eigenvalue weighted by Crippen LogP contribution is 2.37. The Hall–Kier alpha value is -2.22. The third-order valence-corrected chi connectivity index (χ3v) is 5.16. The fraction of sp³-hybridized carbons (Fsp3) is 0.556. The summed E-state index contributed by atoms with van der Waals surface area (Å²) >= 11 is 1.12. The van der Waals surface area contributed by atoms with E-state index in [-0.39, 0.29) is 29.1 Å². The number of amides is 2. The summed E-state index contributed by atoms with van der Waals surface area (Å²) in [6.07, 6.45) is 2.50. The van der Waals surface area contributed by atoms with Gasteiger partial charge in [0.25, 0.3) is 11.8 Å². The maximum absolute atomic E-state index is 13.2. The van der Waals surface area contributed by atoms with Gasteiger partial charge in [-0.15, -0.1) is 5.10 Å². The number of carbonyl (C=O) groups excluding carboxylic acids is 2. The minimum Gasteiger partial charge on any atom is -0.464 e. The first-order valence-electron chi connectivity index (χ1n) is 8.80. The van der Waals surface area contributed by atoms with Crippen LogP contribution in [0, 0.1) is 6.92 Å². The number of aryl methyl sites for hydroxylation is 1. The largest absolute Gasteiger partial charge is 0.464 e. The molecule has 0 spiro atoms. The number of nitrogens with zero attached hydrogens (tertiary/aromatic N) is 3. The van der Waals surface area contributed by atoms with Gasteiger partial charge in [-0.25, -0.2) is 0 Å². The van der Waals surface area contributed by atoms with Crippen molar-refractivity contribution in [1.29, 1.82) is 0 Å². The number of hydrogen-bond acceptors (Lipinski definition) is 6. The lowest BCUT2D eigenvalue weighted by atomic mass is 10.0. The summed E-state index contributed by atoms with van der Waals surface area (Å²) in [6, 6.07) is 2.76. The lowest BCUT2D eigenvalue weighted by Crippen LogP contribution is -2.50. The van der Waals surface area contributed by atoms with E-state index in [2.05, 4.69) is 14.9 Å². The van der Waals surface area contributed by atoms with Gasteiger partial charge in [0.05, 0.1) is 0 Å². The maximum Gasteiger partial charge on any atom is 0.276 e. The molecule has 0 radical (unpaired) electrons. The van der Waals surface area contributed by atoms with Gasteiger partial charge in [-0.05, 0) is 63.7 Å². The lowest BCUT2D eigenvalue weighted by molar-refractivity contribution is -0.128. The van der Waals surface area contributed by atoms with Crippen LogP contribution in [-0.2, 0) is 4.79 Å². The van der Waals surface area contributed by atoms with Crippen molar-refractivity contribution in [2.45, 2.75) is 64.6 Å². The molecule has 140 valence electrons. The molecule has 1 unspecified atom stereocenters. The van der Waals surface area contributed by atoms with E-state index in [1.165, 1.54) is 0 Å². The van der Waals surface area contributed by atoms with E-state index >= 15 is 0 Å². The zero-order chi connectivity index (χ0) is 18.9. The molecule has 2 aromatic heterocycles. The molecule has 26 heavy (non-hydrogen) atoms. The van der Waals surface area contributed by atoms with Crippen molar-refractivity contribution < 1.29 is 14.0 Å². The van der Waals surface area contributed by atoms with Crippen molar-refractivity contribution in [3.8, 4) is 0 Å². The van der Waals surface area contributed by atoms with Gasteiger partial charge in [0.1, 0.15) is 11.5 Å². The number of carbonyl (C=O) groups is 2. The fourth-order valence-corrected chi connectivity index (χ4v) is 3.15. The quantitative estimate of drug-likeness (QED) is 0.802. The molecule has 7 nitrogen and oxygen atoms in total. The molecule has 1 fully saturated rings. The molecule has 1 saturated carbocycles. The SMILES string of the molecule is CCC(C)(C)NC(=O)C(c1ccc(C)o1)N(C(=O)c1csnn1)C1CC1. The highest BCUT2D eigenvalue weighted by Gasteiger charge is 2.44. The van der Waals surface area contributed by atoms with Crippen molar-refractivity contribution >= 4 is 23.3 Å². The van der Waals surface area contributed by atoms with Crippen LogP contribution in [0.1, 0.15) is 68.1 Å². The molecule has 2 aromatic rings. The average molecular weight is 376 g/mol. The van der Waals surface area contributed by atoms with Gasteiger partial charge in [0.15, 0.2) is 11.7 Å². The van der Waals surface area contributed by atoms with E-state index < -0.39 is 6.04 Å². The predicted molar refractivity (Wildman–Crippen MR) is 97.8 cm³/mol. The van der Waals surface area contributed by atoms with Crippen molar-refractivity contribution in [1.82, 2.24) is 19.8 Å². The first-order valence-corrected chi connectivity index (χ1v) is 9.64. The van der Waals surface area contributed by atoms with Gasteiger partial charge in [-0.2, -0.15) is 0 Å². The minimum absolute atomic E-state index is 0.00935. The molecule has 0 aromatic carbocycles. The van der Waals surface area contributed by atoms with Crippen molar-refractivity contribution in [2.24, 2.45) is 0 Å². The molecule has 1 aliphatic carbocycles. The van der Waals surface area contributed by atoms with Gasteiger partial charge in [0, 0.05) is 17.0 Å². The second-order valence-electron chi connectivity index (χ2n) is 7.31. The molecule has 2 amide bonds. The zero-order valence-electron chi connectivity index (χ0n) is 15.5. The molecule has 0 bridgehead atoms. The number of rotatable bonds is 7. The Kier molecular flexibility index (Phi) is 5.13. The first-order chi connectivity index (χ1) is 12.3. The summed E-state index contributed by atoms with van der Waals surface area (Å²) < 4.78 is 9.53. The van der Waals surface area contributed by atoms with E-state index in [9.17, 15) is 9.59 Å². The second-order valence-corrected chi connectivity index (χ2v) is 7.92. The Morgan fingerprint density at radius 1 is 1.42 bits per heavy atom. The van der Waals surface area contributed by atoms with Crippen LogP contribution in [0.25, 0.3) is 0 Å². The summed E-state index contributed by atoms with van der Waals surface area (Å²) in [6.45, 7) is 7.76. The highest BCUT2D eigenvalue weighted by atomic mass is 32.1. The van der Waals surface area contributed by atoms with E-state index in [1.807, 2.05) is 27.7 Å². The maximum atomic E-state index is 13.2. The van der Waals surface area contributed by atoms with Crippen molar-refractivity contribution in [3.63, 3.8) is 0 Å². The molecule has 8 heteroatoms. The Bertz CT molecular complexity index is 780. The van der Waals surface area contributed by atoms with E-state index in [0.717, 1.165) is 30.8 Å². The third kappa shape index (κ3) is 3.95. The van der Waals surface area contributed by atoms with Gasteiger partial charge in [-0.1, -0.05) is 11.4 Å². The Morgan fingerprint density at radius 2 is 2.15 bits per heavy atom. The zero-order valence-corrected chi connectivity index (χ0v) is 16.3. The molecular formula is C18H24N4O3S. The van der Waals surface area contributed by atoms with Crippen LogP contribution in [-0.4, -0.2) is 37.9 Å². The highest BCUT2D eigenvalue weighted by molar-refractivity contribution is 7.03. The van der Waals surface area contributed by atoms with Crippen LogP contribution in [0.2, 0.25) is 0 Å². The number of nitrogens with one attached hydrogen (secondary N) is 1. The Morgan fingerprint density at radius 3 is 2.65 bits per heavy atom. The molecule has 2 heterocycles. The summed E-state index contributed by atoms with van der Waals surface area (Å²) in [5, 5.41) is 8.55. The predicted octanol–water partition coefficient (Wildman–Crippen LogP) is 3.09. The van der Waals surface area contributed by atoms with Crippen molar-refractivity contribution in [2.75, 3.05) is 0 Å². The monoisotopic (exact) mass is 376 g/mol. The Labute approximate surface area is 156 Å². The topological polar surface area (TPSA) is 88.3 Å².